The minimum Gasteiger partial charge on any atom is -0.313 e. The quantitative estimate of drug-likeness (QED) is 0.737. The third kappa shape index (κ3) is 4.00. The van der Waals surface area contributed by atoms with E-state index in [1.807, 2.05) is 0 Å². The fraction of sp³-hybridized carbons (Fsp3) is 0.933. The van der Waals surface area contributed by atoms with E-state index in [0.29, 0.717) is 6.04 Å². The highest BCUT2D eigenvalue weighted by Crippen LogP contribution is 2.28. The molecule has 0 bridgehead atoms. The second-order valence-electron chi connectivity index (χ2n) is 5.87. The maximum absolute atomic E-state index is 9.10. The van der Waals surface area contributed by atoms with Crippen LogP contribution >= 0.6 is 0 Å². The van der Waals surface area contributed by atoms with Gasteiger partial charge in [-0.3, -0.25) is 0 Å². The minimum atomic E-state index is 0.273. The van der Waals surface area contributed by atoms with Gasteiger partial charge in [-0.1, -0.05) is 38.5 Å². The van der Waals surface area contributed by atoms with Crippen LogP contribution in [-0.4, -0.2) is 12.6 Å². The van der Waals surface area contributed by atoms with E-state index in [-0.39, 0.29) is 5.92 Å². The van der Waals surface area contributed by atoms with Gasteiger partial charge < -0.3 is 5.32 Å². The van der Waals surface area contributed by atoms with Crippen molar-refractivity contribution >= 4 is 0 Å². The van der Waals surface area contributed by atoms with E-state index in [9.17, 15) is 0 Å². The fourth-order valence-corrected chi connectivity index (χ4v) is 3.51. The molecule has 0 aliphatic heterocycles. The first kappa shape index (κ1) is 12.9. The summed E-state index contributed by atoms with van der Waals surface area (Å²) >= 11 is 0. The smallest absolute Gasteiger partial charge is 0.0672 e. The molecule has 2 rings (SSSR count). The predicted octanol–water partition coefficient (Wildman–Crippen LogP) is 3.63. The van der Waals surface area contributed by atoms with Gasteiger partial charge in [0, 0.05) is 6.04 Å². The summed E-state index contributed by atoms with van der Waals surface area (Å²) in [7, 11) is 0. The molecule has 0 spiro atoms. The average Bonchev–Trinajstić information content (AvgIpc) is 2.88. The summed E-state index contributed by atoms with van der Waals surface area (Å²) in [6.07, 6.45) is 13.4. The zero-order valence-corrected chi connectivity index (χ0v) is 11.0. The predicted molar refractivity (Wildman–Crippen MR) is 70.6 cm³/mol. The van der Waals surface area contributed by atoms with Crippen LogP contribution in [0.25, 0.3) is 0 Å². The average molecular weight is 234 g/mol. The van der Waals surface area contributed by atoms with Gasteiger partial charge in [0.25, 0.3) is 0 Å². The highest BCUT2D eigenvalue weighted by Gasteiger charge is 2.24. The summed E-state index contributed by atoms with van der Waals surface area (Å²) in [6.45, 7) is 1.12. The topological polar surface area (TPSA) is 35.8 Å². The third-order valence-corrected chi connectivity index (χ3v) is 4.60. The maximum Gasteiger partial charge on any atom is 0.0672 e. The van der Waals surface area contributed by atoms with E-state index in [1.54, 1.807) is 0 Å². The summed E-state index contributed by atoms with van der Waals surface area (Å²) in [5, 5.41) is 12.7. The maximum atomic E-state index is 9.10. The van der Waals surface area contributed by atoms with Crippen LogP contribution in [0.4, 0.5) is 0 Å². The summed E-state index contributed by atoms with van der Waals surface area (Å²) in [6, 6.07) is 2.96. The second-order valence-corrected chi connectivity index (χ2v) is 5.87. The SMILES string of the molecule is N#CC1CCCCC1NCCCC1CCCC1. The van der Waals surface area contributed by atoms with Crippen molar-refractivity contribution in [2.24, 2.45) is 11.8 Å². The molecule has 0 amide bonds. The Morgan fingerprint density at radius 1 is 1.00 bits per heavy atom. The van der Waals surface area contributed by atoms with Gasteiger partial charge in [-0.05, 0) is 38.1 Å². The molecule has 17 heavy (non-hydrogen) atoms. The third-order valence-electron chi connectivity index (χ3n) is 4.60. The van der Waals surface area contributed by atoms with Gasteiger partial charge in [0.1, 0.15) is 0 Å². The van der Waals surface area contributed by atoms with Crippen molar-refractivity contribution in [3.8, 4) is 6.07 Å². The summed E-state index contributed by atoms with van der Waals surface area (Å²) in [4.78, 5) is 0. The lowest BCUT2D eigenvalue weighted by atomic mass is 9.85. The van der Waals surface area contributed by atoms with Gasteiger partial charge in [-0.15, -0.1) is 0 Å². The Labute approximate surface area is 106 Å². The van der Waals surface area contributed by atoms with Crippen molar-refractivity contribution in [2.75, 3.05) is 6.54 Å². The molecule has 2 aliphatic rings. The number of hydrogen-bond acceptors (Lipinski definition) is 2. The Bertz CT molecular complexity index is 250. The number of nitrogens with zero attached hydrogens (tertiary/aromatic N) is 1. The normalized spacial score (nSPS) is 30.3. The first-order valence-electron chi connectivity index (χ1n) is 7.53. The molecular weight excluding hydrogens is 208 g/mol. The highest BCUT2D eigenvalue weighted by atomic mass is 14.9. The minimum absolute atomic E-state index is 0.273. The summed E-state index contributed by atoms with van der Waals surface area (Å²) in [5.74, 6) is 1.28. The molecule has 2 fully saturated rings. The lowest BCUT2D eigenvalue weighted by Crippen LogP contribution is -2.38. The van der Waals surface area contributed by atoms with Crippen LogP contribution in [0.15, 0.2) is 0 Å². The van der Waals surface area contributed by atoms with E-state index in [2.05, 4.69) is 11.4 Å². The number of rotatable bonds is 5. The molecule has 2 atom stereocenters. The van der Waals surface area contributed by atoms with Gasteiger partial charge >= 0.3 is 0 Å². The van der Waals surface area contributed by atoms with Crippen molar-refractivity contribution in [1.29, 1.82) is 5.26 Å². The molecule has 96 valence electrons. The fourth-order valence-electron chi connectivity index (χ4n) is 3.51. The van der Waals surface area contributed by atoms with E-state index >= 15 is 0 Å². The van der Waals surface area contributed by atoms with E-state index in [4.69, 9.17) is 5.26 Å². The van der Waals surface area contributed by atoms with Gasteiger partial charge in [0.15, 0.2) is 0 Å². The molecule has 0 radical (unpaired) electrons. The van der Waals surface area contributed by atoms with Crippen LogP contribution in [0.3, 0.4) is 0 Å². The van der Waals surface area contributed by atoms with Gasteiger partial charge in [-0.2, -0.15) is 5.26 Å². The molecule has 0 saturated heterocycles. The highest BCUT2D eigenvalue weighted by molar-refractivity contribution is 4.94. The van der Waals surface area contributed by atoms with E-state index < -0.39 is 0 Å². The second kappa shape index (κ2) is 7.01. The zero-order chi connectivity index (χ0) is 11.9. The van der Waals surface area contributed by atoms with Crippen LogP contribution in [0.1, 0.15) is 64.2 Å². The Kier molecular flexibility index (Phi) is 5.32. The van der Waals surface area contributed by atoms with Gasteiger partial charge in [0.05, 0.1) is 12.0 Å². The van der Waals surface area contributed by atoms with Crippen molar-refractivity contribution < 1.29 is 0 Å². The Morgan fingerprint density at radius 2 is 1.71 bits per heavy atom. The van der Waals surface area contributed by atoms with Crippen LogP contribution in [0, 0.1) is 23.2 Å². The molecular formula is C15H26N2. The van der Waals surface area contributed by atoms with E-state index in [1.165, 1.54) is 57.8 Å². The van der Waals surface area contributed by atoms with Gasteiger partial charge in [0.2, 0.25) is 0 Å². The molecule has 1 N–H and O–H groups in total. The number of nitrogens with one attached hydrogen (secondary N) is 1. The van der Waals surface area contributed by atoms with Gasteiger partial charge in [-0.25, -0.2) is 0 Å². The zero-order valence-electron chi connectivity index (χ0n) is 11.0. The van der Waals surface area contributed by atoms with Crippen LogP contribution in [-0.2, 0) is 0 Å². The van der Waals surface area contributed by atoms with Crippen molar-refractivity contribution in [2.45, 2.75) is 70.3 Å². The molecule has 2 aliphatic carbocycles. The molecule has 2 nitrogen and oxygen atoms in total. The van der Waals surface area contributed by atoms with E-state index in [0.717, 1.165) is 18.9 Å². The molecule has 0 aromatic rings. The Balaban J connectivity index is 1.58. The molecule has 0 heterocycles. The first-order chi connectivity index (χ1) is 8.40. The molecule has 0 aromatic heterocycles. The lowest BCUT2D eigenvalue weighted by Gasteiger charge is -2.27. The summed E-state index contributed by atoms with van der Waals surface area (Å²) in [5.41, 5.74) is 0. The molecule has 2 heteroatoms. The number of nitriles is 1. The summed E-state index contributed by atoms with van der Waals surface area (Å²) < 4.78 is 0. The Hall–Kier alpha value is -0.550. The largest absolute Gasteiger partial charge is 0.313 e. The van der Waals surface area contributed by atoms with Crippen molar-refractivity contribution in [3.63, 3.8) is 0 Å². The standard InChI is InChI=1S/C15H26N2/c16-12-14-9-3-4-10-15(14)17-11-5-8-13-6-1-2-7-13/h13-15,17H,1-11H2. The number of hydrogen-bond donors (Lipinski definition) is 1. The van der Waals surface area contributed by atoms with Crippen molar-refractivity contribution in [3.05, 3.63) is 0 Å². The lowest BCUT2D eigenvalue weighted by molar-refractivity contribution is 0.308. The Morgan fingerprint density at radius 3 is 2.47 bits per heavy atom. The van der Waals surface area contributed by atoms with Crippen molar-refractivity contribution in [1.82, 2.24) is 5.32 Å². The molecule has 2 unspecified atom stereocenters. The molecule has 0 aromatic carbocycles. The van der Waals surface area contributed by atoms with Crippen LogP contribution in [0.5, 0.6) is 0 Å². The molecule has 2 saturated carbocycles. The van der Waals surface area contributed by atoms with Crippen LogP contribution < -0.4 is 5.32 Å². The monoisotopic (exact) mass is 234 g/mol. The first-order valence-corrected chi connectivity index (χ1v) is 7.53. The van der Waals surface area contributed by atoms with Crippen LogP contribution in [0.2, 0.25) is 0 Å².